The molecule has 0 atom stereocenters. The summed E-state index contributed by atoms with van der Waals surface area (Å²) in [6.45, 7) is 0. The van der Waals surface area contributed by atoms with Gasteiger partial charge < -0.3 is 5.73 Å². The minimum atomic E-state index is -0.512. The summed E-state index contributed by atoms with van der Waals surface area (Å²) in [5, 5.41) is 18.5. The van der Waals surface area contributed by atoms with E-state index in [1.165, 1.54) is 35.2 Å². The molecule has 9 heteroatoms. The molecule has 0 aliphatic heterocycles. The van der Waals surface area contributed by atoms with E-state index in [2.05, 4.69) is 15.2 Å². The lowest BCUT2D eigenvalue weighted by Gasteiger charge is -1.98. The average molecular weight is 255 g/mol. The standard InChI is InChI=1S/C7H5N5O2S2/c8-5-1-4(12(13)14)2-6(10-5)16-7-11-9-3-15-7/h1-3H,(H2,8,10). The van der Waals surface area contributed by atoms with Crippen molar-refractivity contribution in [2.24, 2.45) is 0 Å². The van der Waals surface area contributed by atoms with Crippen LogP contribution in [-0.2, 0) is 0 Å². The van der Waals surface area contributed by atoms with Gasteiger partial charge in [-0.2, -0.15) is 0 Å². The molecule has 16 heavy (non-hydrogen) atoms. The molecule has 0 radical (unpaired) electrons. The van der Waals surface area contributed by atoms with Crippen LogP contribution in [0.3, 0.4) is 0 Å². The fourth-order valence-electron chi connectivity index (χ4n) is 0.966. The quantitative estimate of drug-likeness (QED) is 0.655. The molecule has 2 N–H and O–H groups in total. The molecule has 7 nitrogen and oxygen atoms in total. The van der Waals surface area contributed by atoms with Gasteiger partial charge in [0.1, 0.15) is 16.4 Å². The minimum absolute atomic E-state index is 0.0838. The van der Waals surface area contributed by atoms with Crippen LogP contribution in [-0.4, -0.2) is 20.1 Å². The van der Waals surface area contributed by atoms with Crippen molar-refractivity contribution in [1.82, 2.24) is 15.2 Å². The summed E-state index contributed by atoms with van der Waals surface area (Å²) in [5.41, 5.74) is 6.95. The molecule has 0 spiro atoms. The zero-order valence-corrected chi connectivity index (χ0v) is 9.36. The van der Waals surface area contributed by atoms with Crippen molar-refractivity contribution >= 4 is 34.6 Å². The second-order valence-electron chi connectivity index (χ2n) is 2.65. The number of aromatic nitrogens is 3. The number of anilines is 1. The van der Waals surface area contributed by atoms with E-state index in [-0.39, 0.29) is 11.5 Å². The van der Waals surface area contributed by atoms with Crippen LogP contribution in [0.4, 0.5) is 11.5 Å². The van der Waals surface area contributed by atoms with Gasteiger partial charge in [-0.05, 0) is 11.8 Å². The Kier molecular flexibility index (Phi) is 2.97. The number of nitrogens with two attached hydrogens (primary N) is 1. The van der Waals surface area contributed by atoms with E-state index < -0.39 is 4.92 Å². The van der Waals surface area contributed by atoms with Gasteiger partial charge in [-0.3, -0.25) is 10.1 Å². The Hall–Kier alpha value is -1.74. The van der Waals surface area contributed by atoms with E-state index >= 15 is 0 Å². The van der Waals surface area contributed by atoms with Crippen molar-refractivity contribution in [3.63, 3.8) is 0 Å². The lowest BCUT2D eigenvalue weighted by atomic mass is 10.4. The zero-order chi connectivity index (χ0) is 11.5. The topological polar surface area (TPSA) is 108 Å². The molecule has 0 aliphatic rings. The minimum Gasteiger partial charge on any atom is -0.383 e. The van der Waals surface area contributed by atoms with Gasteiger partial charge in [0, 0.05) is 6.07 Å². The third-order valence-corrected chi connectivity index (χ3v) is 3.25. The third kappa shape index (κ3) is 2.44. The molecule has 0 saturated heterocycles. The fraction of sp³-hybridized carbons (Fsp3) is 0. The second kappa shape index (κ2) is 4.41. The first kappa shape index (κ1) is 10.8. The van der Waals surface area contributed by atoms with Crippen molar-refractivity contribution in [3.8, 4) is 0 Å². The van der Waals surface area contributed by atoms with Crippen LogP contribution in [0.2, 0.25) is 0 Å². The van der Waals surface area contributed by atoms with Gasteiger partial charge in [-0.15, -0.1) is 10.2 Å². The van der Waals surface area contributed by atoms with Crippen molar-refractivity contribution in [3.05, 3.63) is 27.8 Å². The van der Waals surface area contributed by atoms with Gasteiger partial charge in [-0.1, -0.05) is 11.3 Å². The molecule has 2 aromatic rings. The molecule has 0 amide bonds. The third-order valence-electron chi connectivity index (χ3n) is 1.55. The lowest BCUT2D eigenvalue weighted by Crippen LogP contribution is -1.95. The number of hydrogen-bond donors (Lipinski definition) is 1. The van der Waals surface area contributed by atoms with E-state index in [1.54, 1.807) is 5.51 Å². The van der Waals surface area contributed by atoms with E-state index in [0.29, 0.717) is 9.37 Å². The Balaban J connectivity index is 2.31. The first-order valence-corrected chi connectivity index (χ1v) is 5.71. The summed E-state index contributed by atoms with van der Waals surface area (Å²) in [6.07, 6.45) is 0. The number of nitrogen functional groups attached to an aromatic ring is 1. The predicted molar refractivity (Wildman–Crippen MR) is 59.3 cm³/mol. The average Bonchev–Trinajstić information content (AvgIpc) is 2.69. The molecule has 0 fully saturated rings. The number of hydrogen-bond acceptors (Lipinski definition) is 8. The van der Waals surface area contributed by atoms with Gasteiger partial charge in [0.2, 0.25) is 0 Å². The Morgan fingerprint density at radius 1 is 1.50 bits per heavy atom. The molecule has 0 bridgehead atoms. The SMILES string of the molecule is Nc1cc([N+](=O)[O-])cc(Sc2nncs2)n1. The molecule has 82 valence electrons. The molecule has 2 rings (SSSR count). The van der Waals surface area contributed by atoms with Crippen LogP contribution in [0.25, 0.3) is 0 Å². The van der Waals surface area contributed by atoms with Gasteiger partial charge in [0.25, 0.3) is 5.69 Å². The maximum atomic E-state index is 10.6. The highest BCUT2D eigenvalue weighted by Gasteiger charge is 2.11. The van der Waals surface area contributed by atoms with Crippen molar-refractivity contribution in [1.29, 1.82) is 0 Å². The highest BCUT2D eigenvalue weighted by Crippen LogP contribution is 2.30. The summed E-state index contributed by atoms with van der Waals surface area (Å²) >= 11 is 2.52. The molecule has 2 aromatic heterocycles. The maximum absolute atomic E-state index is 10.6. The van der Waals surface area contributed by atoms with Crippen molar-refractivity contribution in [2.45, 2.75) is 9.37 Å². The zero-order valence-electron chi connectivity index (χ0n) is 7.73. The smallest absolute Gasteiger partial charge is 0.275 e. The first-order valence-electron chi connectivity index (χ1n) is 4.01. The maximum Gasteiger partial charge on any atom is 0.275 e. The van der Waals surface area contributed by atoms with Crippen LogP contribution in [0.1, 0.15) is 0 Å². The number of nitrogens with zero attached hydrogens (tertiary/aromatic N) is 4. The van der Waals surface area contributed by atoms with Crippen LogP contribution in [0.15, 0.2) is 27.0 Å². The highest BCUT2D eigenvalue weighted by atomic mass is 32.2. The molecular formula is C7H5N5O2S2. The van der Waals surface area contributed by atoms with Crippen molar-refractivity contribution in [2.75, 3.05) is 5.73 Å². The van der Waals surface area contributed by atoms with Crippen LogP contribution >= 0.6 is 23.1 Å². The first-order chi connectivity index (χ1) is 7.65. The summed E-state index contributed by atoms with van der Waals surface area (Å²) in [5.74, 6) is 0.112. The normalized spacial score (nSPS) is 10.2. The molecule has 0 aromatic carbocycles. The van der Waals surface area contributed by atoms with Gasteiger partial charge >= 0.3 is 0 Å². The summed E-state index contributed by atoms with van der Waals surface area (Å²) < 4.78 is 0.660. The summed E-state index contributed by atoms with van der Waals surface area (Å²) in [4.78, 5) is 14.0. The second-order valence-corrected chi connectivity index (χ2v) is 4.75. The largest absolute Gasteiger partial charge is 0.383 e. The van der Waals surface area contributed by atoms with E-state index in [9.17, 15) is 10.1 Å². The molecule has 0 saturated carbocycles. The van der Waals surface area contributed by atoms with E-state index in [0.717, 1.165) is 0 Å². The van der Waals surface area contributed by atoms with Crippen LogP contribution in [0, 0.1) is 10.1 Å². The molecular weight excluding hydrogens is 250 g/mol. The Bertz CT molecular complexity index is 516. The summed E-state index contributed by atoms with van der Waals surface area (Å²) in [7, 11) is 0. The number of pyridine rings is 1. The molecule has 2 heterocycles. The highest BCUT2D eigenvalue weighted by molar-refractivity contribution is 8.00. The fourth-order valence-corrected chi connectivity index (χ4v) is 2.42. The molecule has 0 aliphatic carbocycles. The monoisotopic (exact) mass is 255 g/mol. The number of nitro groups is 1. The van der Waals surface area contributed by atoms with Gasteiger partial charge in [-0.25, -0.2) is 4.98 Å². The summed E-state index contributed by atoms with van der Waals surface area (Å²) in [6, 6.07) is 2.56. The van der Waals surface area contributed by atoms with E-state index in [1.807, 2.05) is 0 Å². The predicted octanol–water partition coefficient (Wildman–Crippen LogP) is 1.57. The van der Waals surface area contributed by atoms with Gasteiger partial charge in [0.15, 0.2) is 4.34 Å². The number of rotatable bonds is 3. The Labute approximate surface area is 97.9 Å². The van der Waals surface area contributed by atoms with Gasteiger partial charge in [0.05, 0.1) is 11.0 Å². The van der Waals surface area contributed by atoms with Crippen LogP contribution in [0.5, 0.6) is 0 Å². The lowest BCUT2D eigenvalue weighted by molar-refractivity contribution is -0.385. The Morgan fingerprint density at radius 2 is 2.31 bits per heavy atom. The molecule has 0 unspecified atom stereocenters. The van der Waals surface area contributed by atoms with E-state index in [4.69, 9.17) is 5.73 Å². The van der Waals surface area contributed by atoms with Crippen molar-refractivity contribution < 1.29 is 4.92 Å². The van der Waals surface area contributed by atoms with Crippen LogP contribution < -0.4 is 5.73 Å². The Morgan fingerprint density at radius 3 is 2.94 bits per heavy atom.